The number of hydrogen-bond donors (Lipinski definition) is 2. The molecule has 1 amide bonds. The van der Waals surface area contributed by atoms with Crippen LogP contribution in [0.25, 0.3) is 0 Å². The first-order valence-electron chi connectivity index (χ1n) is 6.13. The number of ether oxygens (including phenoxy) is 2. The number of carbonyl (C=O) groups is 1. The molecule has 0 saturated carbocycles. The SMILES string of the molecule is COc1ccc(C(=O)Nc2ccc(N)c(Cl)c2)cc1OC. The van der Waals surface area contributed by atoms with Crippen molar-refractivity contribution >= 4 is 28.9 Å². The van der Waals surface area contributed by atoms with Crippen LogP contribution in [0.15, 0.2) is 36.4 Å². The molecule has 0 aromatic heterocycles. The number of anilines is 2. The first-order valence-corrected chi connectivity index (χ1v) is 6.51. The van der Waals surface area contributed by atoms with Crippen molar-refractivity contribution in [3.05, 3.63) is 47.0 Å². The highest BCUT2D eigenvalue weighted by molar-refractivity contribution is 6.33. The van der Waals surface area contributed by atoms with Gasteiger partial charge in [-0.25, -0.2) is 0 Å². The van der Waals surface area contributed by atoms with E-state index in [1.807, 2.05) is 0 Å². The minimum atomic E-state index is -0.281. The van der Waals surface area contributed by atoms with Crippen LogP contribution in [0.3, 0.4) is 0 Å². The van der Waals surface area contributed by atoms with Crippen molar-refractivity contribution in [2.45, 2.75) is 0 Å². The average molecular weight is 307 g/mol. The van der Waals surface area contributed by atoms with Crippen molar-refractivity contribution in [3.63, 3.8) is 0 Å². The maximum atomic E-state index is 12.2. The summed E-state index contributed by atoms with van der Waals surface area (Å²) in [4.78, 5) is 12.2. The van der Waals surface area contributed by atoms with Crippen molar-refractivity contribution < 1.29 is 14.3 Å². The molecule has 2 rings (SSSR count). The summed E-state index contributed by atoms with van der Waals surface area (Å²) in [6, 6.07) is 9.83. The van der Waals surface area contributed by atoms with Gasteiger partial charge < -0.3 is 20.5 Å². The van der Waals surface area contributed by atoms with Gasteiger partial charge in [0.15, 0.2) is 11.5 Å². The molecule has 110 valence electrons. The summed E-state index contributed by atoms with van der Waals surface area (Å²) in [5.74, 6) is 0.766. The number of rotatable bonds is 4. The lowest BCUT2D eigenvalue weighted by Gasteiger charge is -2.10. The van der Waals surface area contributed by atoms with Gasteiger partial charge in [-0.1, -0.05) is 11.6 Å². The second kappa shape index (κ2) is 6.37. The third-order valence-electron chi connectivity index (χ3n) is 2.90. The number of nitrogens with two attached hydrogens (primary N) is 1. The molecule has 0 saturated heterocycles. The number of carbonyl (C=O) groups excluding carboxylic acids is 1. The highest BCUT2D eigenvalue weighted by atomic mass is 35.5. The third kappa shape index (κ3) is 3.38. The number of methoxy groups -OCH3 is 2. The number of halogens is 1. The number of amides is 1. The molecule has 0 fully saturated rings. The zero-order valence-corrected chi connectivity index (χ0v) is 12.4. The first-order chi connectivity index (χ1) is 10.0. The van der Waals surface area contributed by atoms with Gasteiger partial charge in [-0.05, 0) is 36.4 Å². The summed E-state index contributed by atoms with van der Waals surface area (Å²) in [6.45, 7) is 0. The van der Waals surface area contributed by atoms with Crippen LogP contribution < -0.4 is 20.5 Å². The first kappa shape index (κ1) is 15.0. The van der Waals surface area contributed by atoms with Crippen LogP contribution >= 0.6 is 11.6 Å². The molecule has 2 aromatic rings. The fourth-order valence-corrected chi connectivity index (χ4v) is 1.97. The van der Waals surface area contributed by atoms with E-state index >= 15 is 0 Å². The highest BCUT2D eigenvalue weighted by Gasteiger charge is 2.11. The molecule has 5 nitrogen and oxygen atoms in total. The van der Waals surface area contributed by atoms with E-state index in [-0.39, 0.29) is 5.91 Å². The maximum absolute atomic E-state index is 12.2. The van der Waals surface area contributed by atoms with Crippen LogP contribution in [-0.4, -0.2) is 20.1 Å². The summed E-state index contributed by atoms with van der Waals surface area (Å²) < 4.78 is 10.3. The number of benzene rings is 2. The molecule has 0 aliphatic heterocycles. The van der Waals surface area contributed by atoms with E-state index < -0.39 is 0 Å². The summed E-state index contributed by atoms with van der Waals surface area (Å²) in [6.07, 6.45) is 0. The van der Waals surface area contributed by atoms with Crippen LogP contribution in [-0.2, 0) is 0 Å². The van der Waals surface area contributed by atoms with Crippen molar-refractivity contribution in [2.24, 2.45) is 0 Å². The van der Waals surface area contributed by atoms with E-state index in [0.717, 1.165) is 0 Å². The molecule has 0 aliphatic carbocycles. The number of nitrogen functional groups attached to an aromatic ring is 1. The molecule has 3 N–H and O–H groups in total. The lowest BCUT2D eigenvalue weighted by atomic mass is 10.2. The van der Waals surface area contributed by atoms with Gasteiger partial charge in [0.05, 0.1) is 24.9 Å². The standard InChI is InChI=1S/C15H15ClN2O3/c1-20-13-6-3-9(7-14(13)21-2)15(19)18-10-4-5-12(17)11(16)8-10/h3-8H,17H2,1-2H3,(H,18,19). The van der Waals surface area contributed by atoms with Gasteiger partial charge in [0, 0.05) is 11.3 Å². The Kier molecular flexibility index (Phi) is 4.55. The van der Waals surface area contributed by atoms with Crippen molar-refractivity contribution in [1.29, 1.82) is 0 Å². The second-order valence-corrected chi connectivity index (χ2v) is 4.67. The Morgan fingerprint density at radius 2 is 1.81 bits per heavy atom. The number of hydrogen-bond acceptors (Lipinski definition) is 4. The molecular formula is C15H15ClN2O3. The fraction of sp³-hybridized carbons (Fsp3) is 0.133. The Bertz CT molecular complexity index is 674. The molecule has 0 radical (unpaired) electrons. The summed E-state index contributed by atoms with van der Waals surface area (Å²) in [5.41, 5.74) is 7.09. The van der Waals surface area contributed by atoms with E-state index in [4.69, 9.17) is 26.8 Å². The lowest BCUT2D eigenvalue weighted by Crippen LogP contribution is -2.12. The van der Waals surface area contributed by atoms with Gasteiger partial charge in [-0.15, -0.1) is 0 Å². The van der Waals surface area contributed by atoms with E-state index in [1.54, 1.807) is 36.4 Å². The quantitative estimate of drug-likeness (QED) is 0.851. The van der Waals surface area contributed by atoms with E-state index in [0.29, 0.717) is 33.5 Å². The van der Waals surface area contributed by atoms with Crippen LogP contribution in [0.2, 0.25) is 5.02 Å². The zero-order valence-electron chi connectivity index (χ0n) is 11.6. The minimum absolute atomic E-state index is 0.281. The smallest absolute Gasteiger partial charge is 0.255 e. The Balaban J connectivity index is 2.21. The summed E-state index contributed by atoms with van der Waals surface area (Å²) in [5, 5.41) is 3.13. The highest BCUT2D eigenvalue weighted by Crippen LogP contribution is 2.28. The average Bonchev–Trinajstić information content (AvgIpc) is 2.50. The topological polar surface area (TPSA) is 73.6 Å². The van der Waals surface area contributed by atoms with Crippen molar-refractivity contribution in [1.82, 2.24) is 0 Å². The lowest BCUT2D eigenvalue weighted by molar-refractivity contribution is 0.102. The van der Waals surface area contributed by atoms with E-state index in [2.05, 4.69) is 5.32 Å². The van der Waals surface area contributed by atoms with Gasteiger partial charge in [-0.3, -0.25) is 4.79 Å². The Labute approximate surface area is 127 Å². The molecule has 0 bridgehead atoms. The molecule has 21 heavy (non-hydrogen) atoms. The third-order valence-corrected chi connectivity index (χ3v) is 3.23. The van der Waals surface area contributed by atoms with Gasteiger partial charge in [0.2, 0.25) is 0 Å². The predicted octanol–water partition coefficient (Wildman–Crippen LogP) is 3.19. The maximum Gasteiger partial charge on any atom is 0.255 e. The van der Waals surface area contributed by atoms with Gasteiger partial charge in [-0.2, -0.15) is 0 Å². The van der Waals surface area contributed by atoms with E-state index in [1.165, 1.54) is 14.2 Å². The monoisotopic (exact) mass is 306 g/mol. The van der Waals surface area contributed by atoms with Crippen LogP contribution in [0.5, 0.6) is 11.5 Å². The molecule has 0 atom stereocenters. The molecular weight excluding hydrogens is 292 g/mol. The van der Waals surface area contributed by atoms with Gasteiger partial charge >= 0.3 is 0 Å². The van der Waals surface area contributed by atoms with Gasteiger partial charge in [0.25, 0.3) is 5.91 Å². The summed E-state index contributed by atoms with van der Waals surface area (Å²) >= 11 is 5.92. The largest absolute Gasteiger partial charge is 0.493 e. The Hall–Kier alpha value is -2.40. The minimum Gasteiger partial charge on any atom is -0.493 e. The van der Waals surface area contributed by atoms with Crippen LogP contribution in [0.4, 0.5) is 11.4 Å². The number of nitrogens with one attached hydrogen (secondary N) is 1. The van der Waals surface area contributed by atoms with Crippen LogP contribution in [0, 0.1) is 0 Å². The molecule has 6 heteroatoms. The molecule has 0 heterocycles. The normalized spacial score (nSPS) is 10.0. The van der Waals surface area contributed by atoms with Crippen LogP contribution in [0.1, 0.15) is 10.4 Å². The molecule has 0 spiro atoms. The fourth-order valence-electron chi connectivity index (χ4n) is 1.79. The van der Waals surface area contributed by atoms with E-state index in [9.17, 15) is 4.79 Å². The molecule has 0 aliphatic rings. The Morgan fingerprint density at radius 1 is 1.10 bits per heavy atom. The molecule has 2 aromatic carbocycles. The predicted molar refractivity (Wildman–Crippen MR) is 83.4 cm³/mol. The summed E-state index contributed by atoms with van der Waals surface area (Å²) in [7, 11) is 3.05. The molecule has 0 unspecified atom stereocenters. The Morgan fingerprint density at radius 3 is 2.43 bits per heavy atom. The van der Waals surface area contributed by atoms with Crippen molar-refractivity contribution in [3.8, 4) is 11.5 Å². The zero-order chi connectivity index (χ0) is 15.4. The van der Waals surface area contributed by atoms with Gasteiger partial charge in [0.1, 0.15) is 0 Å². The second-order valence-electron chi connectivity index (χ2n) is 4.26. The van der Waals surface area contributed by atoms with Crippen molar-refractivity contribution in [2.75, 3.05) is 25.3 Å².